The van der Waals surface area contributed by atoms with Gasteiger partial charge in [0.2, 0.25) is 11.5 Å². The fourth-order valence-electron chi connectivity index (χ4n) is 3.95. The fraction of sp³-hybridized carbons (Fsp3) is 0.261. The largest absolute Gasteiger partial charge is 0.586 e. The van der Waals surface area contributed by atoms with Crippen LogP contribution in [0, 0.1) is 13.8 Å². The zero-order valence-corrected chi connectivity index (χ0v) is 17.3. The summed E-state index contributed by atoms with van der Waals surface area (Å²) < 4.78 is 35.6. The highest BCUT2D eigenvalue weighted by Gasteiger charge is 2.53. The third kappa shape index (κ3) is 3.39. The Kier molecular flexibility index (Phi) is 4.34. The summed E-state index contributed by atoms with van der Waals surface area (Å²) >= 11 is 0. The molecule has 1 aliphatic carbocycles. The standard InChI is InChI=1S/C23H19F2N3O4/c1-12-3-6-18(27-20(12)15-11-26-19(29)9-13(15)2)28-21(30)22(7-8-22)14-4-5-16-17(10-14)32-23(24,25)31-16/h3-6,9-11H,7-8H2,1-2H3,(H,26,29)(H,27,28,30). The summed E-state index contributed by atoms with van der Waals surface area (Å²) in [5.74, 6) is -0.0599. The second-order valence-corrected chi connectivity index (χ2v) is 8.12. The van der Waals surface area contributed by atoms with Gasteiger partial charge in [0, 0.05) is 17.8 Å². The van der Waals surface area contributed by atoms with Crippen LogP contribution >= 0.6 is 0 Å². The van der Waals surface area contributed by atoms with Crippen LogP contribution < -0.4 is 20.3 Å². The number of aromatic nitrogens is 2. The number of aromatic amines is 1. The van der Waals surface area contributed by atoms with Crippen molar-refractivity contribution in [1.82, 2.24) is 9.97 Å². The highest BCUT2D eigenvalue weighted by Crippen LogP contribution is 2.52. The van der Waals surface area contributed by atoms with Crippen LogP contribution in [0.4, 0.5) is 14.6 Å². The summed E-state index contributed by atoms with van der Waals surface area (Å²) in [6.45, 7) is 3.71. The molecule has 0 bridgehead atoms. The van der Waals surface area contributed by atoms with E-state index < -0.39 is 11.7 Å². The molecule has 3 aromatic rings. The fourth-order valence-corrected chi connectivity index (χ4v) is 3.95. The average Bonchev–Trinajstić information content (AvgIpc) is 3.47. The number of halogens is 2. The van der Waals surface area contributed by atoms with Gasteiger partial charge in [0.05, 0.1) is 11.1 Å². The molecule has 1 aromatic carbocycles. The molecule has 1 amide bonds. The zero-order chi connectivity index (χ0) is 22.7. The molecule has 1 fully saturated rings. The summed E-state index contributed by atoms with van der Waals surface area (Å²) in [5, 5.41) is 2.85. The molecule has 2 aromatic heterocycles. The molecular weight excluding hydrogens is 420 g/mol. The third-order valence-corrected chi connectivity index (χ3v) is 5.86. The van der Waals surface area contributed by atoms with Gasteiger partial charge < -0.3 is 19.8 Å². The van der Waals surface area contributed by atoms with Crippen LogP contribution in [0.3, 0.4) is 0 Å². The molecule has 1 saturated carbocycles. The monoisotopic (exact) mass is 439 g/mol. The number of nitrogens with zero attached hydrogens (tertiary/aromatic N) is 1. The molecule has 2 aliphatic rings. The molecule has 0 spiro atoms. The van der Waals surface area contributed by atoms with Gasteiger partial charge in [0.25, 0.3) is 0 Å². The van der Waals surface area contributed by atoms with Crippen LogP contribution in [0.1, 0.15) is 29.5 Å². The van der Waals surface area contributed by atoms with Crippen molar-refractivity contribution < 1.29 is 23.0 Å². The smallest absolute Gasteiger partial charge is 0.395 e. The normalized spacial score (nSPS) is 17.1. The minimum Gasteiger partial charge on any atom is -0.395 e. The second-order valence-electron chi connectivity index (χ2n) is 8.12. The van der Waals surface area contributed by atoms with Crippen LogP contribution in [0.25, 0.3) is 11.3 Å². The van der Waals surface area contributed by atoms with Crippen molar-refractivity contribution in [3.8, 4) is 22.8 Å². The Morgan fingerprint density at radius 2 is 1.81 bits per heavy atom. The van der Waals surface area contributed by atoms with Crippen molar-refractivity contribution in [2.45, 2.75) is 38.4 Å². The van der Waals surface area contributed by atoms with E-state index in [4.69, 9.17) is 0 Å². The number of anilines is 1. The first kappa shape index (κ1) is 20.2. The van der Waals surface area contributed by atoms with E-state index in [9.17, 15) is 18.4 Å². The lowest BCUT2D eigenvalue weighted by atomic mass is 9.94. The lowest BCUT2D eigenvalue weighted by Crippen LogP contribution is -2.28. The van der Waals surface area contributed by atoms with Crippen molar-refractivity contribution >= 4 is 11.7 Å². The Bertz CT molecular complexity index is 1310. The number of rotatable bonds is 4. The summed E-state index contributed by atoms with van der Waals surface area (Å²) in [5.41, 5.74) is 2.60. The van der Waals surface area contributed by atoms with E-state index in [2.05, 4.69) is 24.8 Å². The van der Waals surface area contributed by atoms with E-state index in [0.29, 0.717) is 29.9 Å². The second kappa shape index (κ2) is 6.88. The van der Waals surface area contributed by atoms with Gasteiger partial charge >= 0.3 is 6.29 Å². The highest BCUT2D eigenvalue weighted by molar-refractivity contribution is 6.01. The number of carbonyl (C=O) groups excluding carboxylic acids is 1. The molecule has 3 heterocycles. The maximum Gasteiger partial charge on any atom is 0.586 e. The van der Waals surface area contributed by atoms with Gasteiger partial charge in [-0.1, -0.05) is 12.1 Å². The Hall–Kier alpha value is -3.75. The molecule has 32 heavy (non-hydrogen) atoms. The SMILES string of the molecule is Cc1cc(=O)[nH]cc1-c1nc(NC(=O)C2(c3ccc4c(c3)OC(F)(F)O4)CC2)ccc1C. The molecule has 0 unspecified atom stereocenters. The van der Waals surface area contributed by atoms with Crippen molar-refractivity contribution in [1.29, 1.82) is 0 Å². The minimum absolute atomic E-state index is 0.0592. The summed E-state index contributed by atoms with van der Waals surface area (Å²) in [6.07, 6.45) is -0.954. The minimum atomic E-state index is -3.71. The number of fused-ring (bicyclic) bond motifs is 1. The van der Waals surface area contributed by atoms with Gasteiger partial charge in [0.1, 0.15) is 5.82 Å². The topological polar surface area (TPSA) is 93.3 Å². The lowest BCUT2D eigenvalue weighted by Gasteiger charge is -2.17. The van der Waals surface area contributed by atoms with Crippen LogP contribution in [-0.2, 0) is 10.2 Å². The number of aryl methyl sites for hydroxylation is 2. The first-order valence-corrected chi connectivity index (χ1v) is 10.1. The maximum absolute atomic E-state index is 13.3. The maximum atomic E-state index is 13.3. The number of amides is 1. The molecule has 1 aliphatic heterocycles. The van der Waals surface area contributed by atoms with Gasteiger partial charge in [-0.25, -0.2) is 4.98 Å². The number of nitrogens with one attached hydrogen (secondary N) is 2. The number of H-pyrrole nitrogens is 1. The molecular formula is C23H19F2N3O4. The Morgan fingerprint density at radius 1 is 1.06 bits per heavy atom. The number of hydrogen-bond acceptors (Lipinski definition) is 5. The predicted molar refractivity (Wildman–Crippen MR) is 112 cm³/mol. The van der Waals surface area contributed by atoms with Gasteiger partial charge in [-0.2, -0.15) is 0 Å². The van der Waals surface area contributed by atoms with E-state index in [-0.39, 0.29) is 23.0 Å². The van der Waals surface area contributed by atoms with Crippen molar-refractivity contribution in [2.75, 3.05) is 5.32 Å². The van der Waals surface area contributed by atoms with Gasteiger partial charge in [-0.15, -0.1) is 8.78 Å². The Labute approximate surface area is 181 Å². The van der Waals surface area contributed by atoms with Gasteiger partial charge in [-0.05, 0) is 61.6 Å². The number of alkyl halides is 2. The first-order valence-electron chi connectivity index (χ1n) is 10.1. The predicted octanol–water partition coefficient (Wildman–Crippen LogP) is 4.05. The molecule has 5 rings (SSSR count). The third-order valence-electron chi connectivity index (χ3n) is 5.86. The van der Waals surface area contributed by atoms with Crippen molar-refractivity contribution in [3.63, 3.8) is 0 Å². The Balaban J connectivity index is 1.42. The summed E-state index contributed by atoms with van der Waals surface area (Å²) in [4.78, 5) is 31.9. The number of benzene rings is 1. The lowest BCUT2D eigenvalue weighted by molar-refractivity contribution is -0.286. The molecule has 0 atom stereocenters. The van der Waals surface area contributed by atoms with E-state index in [1.807, 2.05) is 19.9 Å². The van der Waals surface area contributed by atoms with E-state index in [0.717, 1.165) is 16.7 Å². The van der Waals surface area contributed by atoms with Crippen LogP contribution in [0.5, 0.6) is 11.5 Å². The molecule has 9 heteroatoms. The van der Waals surface area contributed by atoms with E-state index in [1.165, 1.54) is 18.2 Å². The number of ether oxygens (including phenoxy) is 2. The van der Waals surface area contributed by atoms with Crippen LogP contribution in [-0.4, -0.2) is 22.2 Å². The quantitative estimate of drug-likeness (QED) is 0.640. The van der Waals surface area contributed by atoms with Crippen LogP contribution in [0.2, 0.25) is 0 Å². The molecule has 7 nitrogen and oxygen atoms in total. The van der Waals surface area contributed by atoms with Crippen molar-refractivity contribution in [3.05, 3.63) is 69.6 Å². The zero-order valence-electron chi connectivity index (χ0n) is 17.3. The van der Waals surface area contributed by atoms with Crippen LogP contribution in [0.15, 0.2) is 47.4 Å². The first-order chi connectivity index (χ1) is 15.2. The number of hydrogen-bond donors (Lipinski definition) is 2. The number of carbonyl (C=O) groups is 1. The highest BCUT2D eigenvalue weighted by atomic mass is 19.3. The molecule has 164 valence electrons. The molecule has 2 N–H and O–H groups in total. The average molecular weight is 439 g/mol. The van der Waals surface area contributed by atoms with E-state index >= 15 is 0 Å². The Morgan fingerprint density at radius 3 is 2.53 bits per heavy atom. The molecule has 0 radical (unpaired) electrons. The number of pyridine rings is 2. The van der Waals surface area contributed by atoms with E-state index in [1.54, 1.807) is 18.3 Å². The summed E-state index contributed by atoms with van der Waals surface area (Å²) in [7, 11) is 0. The summed E-state index contributed by atoms with van der Waals surface area (Å²) in [6, 6.07) is 9.46. The molecule has 0 saturated heterocycles. The van der Waals surface area contributed by atoms with Crippen molar-refractivity contribution in [2.24, 2.45) is 0 Å². The van der Waals surface area contributed by atoms with Gasteiger partial charge in [0.15, 0.2) is 11.5 Å². The van der Waals surface area contributed by atoms with Gasteiger partial charge in [-0.3, -0.25) is 9.59 Å².